The molecule has 1 saturated heterocycles. The molecule has 1 amide bonds. The first kappa shape index (κ1) is 18.5. The van der Waals surface area contributed by atoms with E-state index in [1.54, 1.807) is 0 Å². The maximum absolute atomic E-state index is 12.5. The van der Waals surface area contributed by atoms with Gasteiger partial charge in [-0.1, -0.05) is 32.0 Å². The third kappa shape index (κ3) is 4.44. The molecule has 0 radical (unpaired) electrons. The third-order valence-electron chi connectivity index (χ3n) is 5.00. The summed E-state index contributed by atoms with van der Waals surface area (Å²) in [7, 11) is 0. The zero-order valence-electron chi connectivity index (χ0n) is 15.8. The topological polar surface area (TPSA) is 41.6 Å². The van der Waals surface area contributed by atoms with E-state index in [-0.39, 0.29) is 5.91 Å². The number of carbonyl (C=O) groups excluding carboxylic acids is 1. The van der Waals surface area contributed by atoms with Crippen LogP contribution in [0, 0.1) is 0 Å². The van der Waals surface area contributed by atoms with Crippen LogP contribution in [-0.2, 0) is 24.1 Å². The smallest absolute Gasteiger partial charge is 0.251 e. The van der Waals surface area contributed by atoms with Crippen LogP contribution in [0.5, 0.6) is 0 Å². The van der Waals surface area contributed by atoms with Crippen molar-refractivity contribution in [2.75, 3.05) is 31.2 Å². The Morgan fingerprint density at radius 1 is 1.00 bits per heavy atom. The van der Waals surface area contributed by atoms with Crippen LogP contribution in [0.25, 0.3) is 0 Å². The van der Waals surface area contributed by atoms with Crippen LogP contribution in [0.4, 0.5) is 5.69 Å². The monoisotopic (exact) mass is 352 g/mol. The second-order valence-electron chi connectivity index (χ2n) is 6.64. The Morgan fingerprint density at radius 3 is 2.38 bits per heavy atom. The number of nitrogens with one attached hydrogen (secondary N) is 1. The molecule has 0 atom stereocenters. The van der Waals surface area contributed by atoms with Crippen LogP contribution in [-0.4, -0.2) is 32.2 Å². The first-order valence-corrected chi connectivity index (χ1v) is 9.53. The van der Waals surface area contributed by atoms with Crippen molar-refractivity contribution in [3.05, 3.63) is 64.7 Å². The summed E-state index contributed by atoms with van der Waals surface area (Å²) in [5.41, 5.74) is 5.66. The van der Waals surface area contributed by atoms with Gasteiger partial charge in [-0.2, -0.15) is 0 Å². The van der Waals surface area contributed by atoms with Crippen molar-refractivity contribution in [3.63, 3.8) is 0 Å². The molecule has 26 heavy (non-hydrogen) atoms. The highest BCUT2D eigenvalue weighted by atomic mass is 16.5. The van der Waals surface area contributed by atoms with Crippen LogP contribution < -0.4 is 10.2 Å². The summed E-state index contributed by atoms with van der Waals surface area (Å²) in [6, 6.07) is 14.4. The van der Waals surface area contributed by atoms with E-state index in [1.165, 1.54) is 16.7 Å². The largest absolute Gasteiger partial charge is 0.378 e. The molecule has 4 nitrogen and oxygen atoms in total. The second-order valence-corrected chi connectivity index (χ2v) is 6.64. The van der Waals surface area contributed by atoms with Crippen molar-refractivity contribution >= 4 is 11.6 Å². The molecule has 0 bridgehead atoms. The lowest BCUT2D eigenvalue weighted by Gasteiger charge is -2.28. The Bertz CT molecular complexity index is 734. The van der Waals surface area contributed by atoms with Gasteiger partial charge < -0.3 is 15.0 Å². The summed E-state index contributed by atoms with van der Waals surface area (Å²) in [6.07, 6.45) is 1.98. The van der Waals surface area contributed by atoms with Crippen LogP contribution in [0.2, 0.25) is 0 Å². The van der Waals surface area contributed by atoms with Crippen molar-refractivity contribution in [1.82, 2.24) is 5.32 Å². The molecule has 2 aromatic rings. The first-order valence-electron chi connectivity index (χ1n) is 9.53. The van der Waals surface area contributed by atoms with Gasteiger partial charge in [0.05, 0.1) is 13.2 Å². The number of aryl methyl sites for hydroxylation is 2. The summed E-state index contributed by atoms with van der Waals surface area (Å²) in [5, 5.41) is 3.07. The fraction of sp³-hybridized carbons (Fsp3) is 0.409. The summed E-state index contributed by atoms with van der Waals surface area (Å²) in [6.45, 7) is 8.20. The highest BCUT2D eigenvalue weighted by molar-refractivity contribution is 5.94. The van der Waals surface area contributed by atoms with E-state index >= 15 is 0 Å². The number of anilines is 1. The maximum atomic E-state index is 12.5. The van der Waals surface area contributed by atoms with E-state index in [0.717, 1.165) is 44.8 Å². The third-order valence-corrected chi connectivity index (χ3v) is 5.00. The molecule has 0 unspecified atom stereocenters. The molecule has 0 spiro atoms. The van der Waals surface area contributed by atoms with E-state index in [2.05, 4.69) is 42.3 Å². The number of ether oxygens (including phenoxy) is 1. The normalized spacial score (nSPS) is 14.3. The quantitative estimate of drug-likeness (QED) is 0.864. The van der Waals surface area contributed by atoms with E-state index < -0.39 is 0 Å². The van der Waals surface area contributed by atoms with Gasteiger partial charge in [-0.3, -0.25) is 4.79 Å². The highest BCUT2D eigenvalue weighted by Gasteiger charge is 2.12. The molecule has 1 aliphatic heterocycles. The van der Waals surface area contributed by atoms with Gasteiger partial charge in [0.15, 0.2) is 0 Å². The average Bonchev–Trinajstić information content (AvgIpc) is 2.72. The maximum Gasteiger partial charge on any atom is 0.251 e. The molecule has 0 aromatic heterocycles. The minimum atomic E-state index is -0.0255. The number of benzene rings is 2. The van der Waals surface area contributed by atoms with E-state index in [9.17, 15) is 4.79 Å². The summed E-state index contributed by atoms with van der Waals surface area (Å²) in [4.78, 5) is 14.8. The van der Waals surface area contributed by atoms with Crippen LogP contribution in [0.3, 0.4) is 0 Å². The number of hydrogen-bond acceptors (Lipinski definition) is 3. The lowest BCUT2D eigenvalue weighted by molar-refractivity contribution is 0.0950. The lowest BCUT2D eigenvalue weighted by atomic mass is 10.0. The minimum absolute atomic E-state index is 0.0255. The standard InChI is InChI=1S/C22H28N2O2/c1-3-17-5-6-18(4-2)20(15-17)16-23-22(25)19-7-9-21(10-8-19)24-11-13-26-14-12-24/h5-10,15H,3-4,11-14,16H2,1-2H3,(H,23,25). The molecule has 1 aliphatic rings. The molecule has 0 saturated carbocycles. The molecule has 1 heterocycles. The van der Waals surface area contributed by atoms with Gasteiger partial charge in [-0.15, -0.1) is 0 Å². The highest BCUT2D eigenvalue weighted by Crippen LogP contribution is 2.17. The zero-order valence-corrected chi connectivity index (χ0v) is 15.8. The Morgan fingerprint density at radius 2 is 1.73 bits per heavy atom. The van der Waals surface area contributed by atoms with Gasteiger partial charge in [-0.25, -0.2) is 0 Å². The molecule has 138 valence electrons. The Kier molecular flexibility index (Phi) is 6.29. The van der Waals surface area contributed by atoms with E-state index in [1.807, 2.05) is 24.3 Å². The molecule has 4 heteroatoms. The minimum Gasteiger partial charge on any atom is -0.378 e. The average molecular weight is 352 g/mol. The molecule has 1 fully saturated rings. The molecule has 1 N–H and O–H groups in total. The summed E-state index contributed by atoms with van der Waals surface area (Å²) in [5.74, 6) is -0.0255. The van der Waals surface area contributed by atoms with Crippen molar-refractivity contribution in [3.8, 4) is 0 Å². The van der Waals surface area contributed by atoms with Gasteiger partial charge in [0, 0.05) is 30.9 Å². The molecular formula is C22H28N2O2. The molecule has 2 aromatic carbocycles. The Hall–Kier alpha value is -2.33. The molecule has 0 aliphatic carbocycles. The van der Waals surface area contributed by atoms with E-state index in [0.29, 0.717) is 12.1 Å². The van der Waals surface area contributed by atoms with Gasteiger partial charge in [-0.05, 0) is 53.8 Å². The van der Waals surface area contributed by atoms with Crippen molar-refractivity contribution in [2.45, 2.75) is 33.2 Å². The van der Waals surface area contributed by atoms with E-state index in [4.69, 9.17) is 4.74 Å². The number of amides is 1. The van der Waals surface area contributed by atoms with Crippen molar-refractivity contribution < 1.29 is 9.53 Å². The van der Waals surface area contributed by atoms with Gasteiger partial charge in [0.25, 0.3) is 5.91 Å². The van der Waals surface area contributed by atoms with Crippen molar-refractivity contribution in [2.24, 2.45) is 0 Å². The number of rotatable bonds is 6. The van der Waals surface area contributed by atoms with Crippen LogP contribution in [0.15, 0.2) is 42.5 Å². The van der Waals surface area contributed by atoms with Gasteiger partial charge >= 0.3 is 0 Å². The Balaban J connectivity index is 1.63. The fourth-order valence-electron chi connectivity index (χ4n) is 3.33. The van der Waals surface area contributed by atoms with Crippen LogP contribution in [0.1, 0.15) is 40.9 Å². The molecular weight excluding hydrogens is 324 g/mol. The van der Waals surface area contributed by atoms with Gasteiger partial charge in [0.1, 0.15) is 0 Å². The summed E-state index contributed by atoms with van der Waals surface area (Å²) < 4.78 is 5.39. The number of carbonyl (C=O) groups is 1. The SMILES string of the molecule is CCc1ccc(CC)c(CNC(=O)c2ccc(N3CCOCC3)cc2)c1. The first-order chi connectivity index (χ1) is 12.7. The summed E-state index contributed by atoms with van der Waals surface area (Å²) >= 11 is 0. The van der Waals surface area contributed by atoms with Gasteiger partial charge in [0.2, 0.25) is 0 Å². The number of morpholine rings is 1. The Labute approximate surface area is 156 Å². The molecule has 3 rings (SSSR count). The predicted molar refractivity (Wildman–Crippen MR) is 106 cm³/mol. The fourth-order valence-corrected chi connectivity index (χ4v) is 3.33. The lowest BCUT2D eigenvalue weighted by Crippen LogP contribution is -2.36. The second kappa shape index (κ2) is 8.86. The predicted octanol–water partition coefficient (Wildman–Crippen LogP) is 3.58. The number of hydrogen-bond donors (Lipinski definition) is 1. The van der Waals surface area contributed by atoms with Crippen LogP contribution >= 0.6 is 0 Å². The van der Waals surface area contributed by atoms with Crippen molar-refractivity contribution in [1.29, 1.82) is 0 Å². The zero-order chi connectivity index (χ0) is 18.4. The number of nitrogens with zero attached hydrogens (tertiary/aromatic N) is 1.